The average Bonchev–Trinajstić information content (AvgIpc) is 3.19. The molecule has 0 bridgehead atoms. The number of nitrogens with one attached hydrogen (secondary N) is 5. The molecule has 1 aliphatic rings. The summed E-state index contributed by atoms with van der Waals surface area (Å²) in [4.78, 5) is 98.1. The van der Waals surface area contributed by atoms with E-state index in [2.05, 4.69) is 57.6 Å². The second kappa shape index (κ2) is 25.1. The lowest BCUT2D eigenvalue weighted by molar-refractivity contribution is -0.139. The molecule has 5 N–H and O–H groups in total. The van der Waals surface area contributed by atoms with Crippen LogP contribution >= 0.6 is 0 Å². The normalized spacial score (nSPS) is 27.0. The first kappa shape index (κ1) is 50.5. The third-order valence-electron chi connectivity index (χ3n) is 11.2. The molecule has 1 aliphatic heterocycles. The van der Waals surface area contributed by atoms with Crippen molar-refractivity contribution in [2.45, 2.75) is 144 Å². The van der Waals surface area contributed by atoms with Crippen molar-refractivity contribution in [3.8, 4) is 0 Å². The molecule has 10 atom stereocenters. The Morgan fingerprint density at radius 3 is 2.02 bits per heavy atom. The molecule has 330 valence electrons. The highest BCUT2D eigenvalue weighted by Crippen LogP contribution is 2.25. The fourth-order valence-electron chi connectivity index (χ4n) is 6.98. The van der Waals surface area contributed by atoms with Crippen molar-refractivity contribution in [2.75, 3.05) is 20.7 Å². The van der Waals surface area contributed by atoms with Crippen LogP contribution in [0.5, 0.6) is 0 Å². The smallest absolute Gasteiger partial charge is 0.250 e. The summed E-state index contributed by atoms with van der Waals surface area (Å²) in [5.74, 6) is -4.40. The van der Waals surface area contributed by atoms with Crippen molar-refractivity contribution < 1.29 is 38.3 Å². The highest BCUT2D eigenvalue weighted by molar-refractivity contribution is 5.95. The molecule has 1 aromatic carbocycles. The van der Waals surface area contributed by atoms with Crippen molar-refractivity contribution >= 4 is 47.6 Å². The summed E-state index contributed by atoms with van der Waals surface area (Å²) in [5.41, 5.74) is 1.20. The Morgan fingerprint density at radius 2 is 1.41 bits per heavy atom. The van der Waals surface area contributed by atoms with Crippen LogP contribution < -0.4 is 26.6 Å². The molecule has 59 heavy (non-hydrogen) atoms. The number of carbonyl (C=O) groups excluding carboxylic acids is 7. The van der Waals surface area contributed by atoms with Gasteiger partial charge < -0.3 is 36.2 Å². The van der Waals surface area contributed by atoms with Gasteiger partial charge in [0, 0.05) is 39.4 Å². The molecular weight excluding hydrogens is 755 g/mol. The third-order valence-corrected chi connectivity index (χ3v) is 11.2. The number of aliphatic imine (C=N–C) groups is 1. The van der Waals surface area contributed by atoms with Gasteiger partial charge in [-0.1, -0.05) is 71.9 Å². The first-order valence-electron chi connectivity index (χ1n) is 21.1. The summed E-state index contributed by atoms with van der Waals surface area (Å²) in [6, 6.07) is 5.73. The Kier molecular flexibility index (Phi) is 21.5. The van der Waals surface area contributed by atoms with Crippen LogP contribution in [0.25, 0.3) is 0 Å². The van der Waals surface area contributed by atoms with E-state index < -0.39 is 77.5 Å². The maximum Gasteiger partial charge on any atom is 0.250 e. The second-order valence-corrected chi connectivity index (χ2v) is 16.9. The lowest BCUT2D eigenvalue weighted by Gasteiger charge is -2.28. The van der Waals surface area contributed by atoms with Gasteiger partial charge in [-0.3, -0.25) is 33.6 Å². The van der Waals surface area contributed by atoms with E-state index in [-0.39, 0.29) is 49.2 Å². The van der Waals surface area contributed by atoms with E-state index in [0.29, 0.717) is 19.3 Å². The number of ether oxygens (including phenoxy) is 1. The lowest BCUT2D eigenvalue weighted by Crippen LogP contribution is -2.56. The van der Waals surface area contributed by atoms with Crippen LogP contribution in [0.15, 0.2) is 35.3 Å². The number of rotatable bonds is 11. The molecule has 1 aromatic rings. The molecule has 0 saturated heterocycles. The van der Waals surface area contributed by atoms with E-state index in [1.807, 2.05) is 32.0 Å². The zero-order chi connectivity index (χ0) is 44.4. The molecule has 0 spiro atoms. The number of methoxy groups -OCH3 is 1. The summed E-state index contributed by atoms with van der Waals surface area (Å²) in [6.45, 7) is 15.9. The Hall–Kier alpha value is -4.66. The predicted molar refractivity (Wildman–Crippen MR) is 228 cm³/mol. The third kappa shape index (κ3) is 17.2. The maximum absolute atomic E-state index is 13.6. The van der Waals surface area contributed by atoms with Gasteiger partial charge in [0.05, 0.1) is 17.9 Å². The number of hydrogen-bond acceptors (Lipinski definition) is 8. The largest absolute Gasteiger partial charge is 0.381 e. The van der Waals surface area contributed by atoms with Crippen molar-refractivity contribution in [3.63, 3.8) is 0 Å². The summed E-state index contributed by atoms with van der Waals surface area (Å²) in [5, 5.41) is 13.8. The topological polar surface area (TPSA) is 204 Å². The van der Waals surface area contributed by atoms with Gasteiger partial charge in [-0.2, -0.15) is 0 Å². The summed E-state index contributed by atoms with van der Waals surface area (Å²) >= 11 is 0. The Balaban J connectivity index is 2.29. The number of amides is 7. The molecule has 1 heterocycles. The highest BCUT2D eigenvalue weighted by Gasteiger charge is 2.31. The number of benzene rings is 1. The van der Waals surface area contributed by atoms with E-state index in [0.717, 1.165) is 12.8 Å². The van der Waals surface area contributed by atoms with E-state index in [9.17, 15) is 33.6 Å². The zero-order valence-corrected chi connectivity index (χ0v) is 37.1. The minimum Gasteiger partial charge on any atom is -0.381 e. The number of likely N-dealkylation sites (N-methyl/N-ethyl adjacent to an activating group) is 1. The van der Waals surface area contributed by atoms with Gasteiger partial charge in [-0.05, 0) is 82.6 Å². The predicted octanol–water partition coefficient (Wildman–Crippen LogP) is 3.34. The summed E-state index contributed by atoms with van der Waals surface area (Å²) in [6.07, 6.45) is 4.60. The van der Waals surface area contributed by atoms with Crippen LogP contribution in [0.2, 0.25) is 0 Å². The first-order valence-corrected chi connectivity index (χ1v) is 21.1. The molecule has 0 aromatic heterocycles. The molecule has 1 unspecified atom stereocenters. The van der Waals surface area contributed by atoms with Crippen LogP contribution in [0.4, 0.5) is 0 Å². The number of hydrogen-bond donors (Lipinski definition) is 5. The molecule has 15 heteroatoms. The van der Waals surface area contributed by atoms with Gasteiger partial charge in [-0.15, -0.1) is 0 Å². The van der Waals surface area contributed by atoms with Crippen LogP contribution in [0.3, 0.4) is 0 Å². The standard InChI is InChI=1S/C44H71N7O8/c1-26(2)22-36-44(58)46-25-29(5)39(53)47-31(7)41(55)49-35(20-19-27(3)23-28(4)37(59-11)24-34-16-13-12-14-17-34)30(6)40(54)45-21-15-18-38(52)51(10)33(9)43(57)48-32(8)42(56)50-36/h12-14,16-17,21,26-33,35-37H,15,18-20,22-25H2,1-11H3,(H,46,58)(H,47,53)(H,48,57)(H,49,55)(H,50,56)/t27?,28-,29-,30-,31-,32+,33-,35-,36-,37-/m0/s1. The average molecular weight is 826 g/mol. The first-order chi connectivity index (χ1) is 27.7. The Labute approximate surface area is 351 Å². The van der Waals surface area contributed by atoms with E-state index in [1.54, 1.807) is 27.9 Å². The highest BCUT2D eigenvalue weighted by atomic mass is 16.5. The van der Waals surface area contributed by atoms with Crippen LogP contribution in [-0.2, 0) is 44.7 Å². The fourth-order valence-corrected chi connectivity index (χ4v) is 6.98. The minimum absolute atomic E-state index is 0.0183. The molecule has 7 amide bonds. The summed E-state index contributed by atoms with van der Waals surface area (Å²) in [7, 11) is 3.20. The van der Waals surface area contributed by atoms with Crippen LogP contribution in [0.1, 0.15) is 106 Å². The second-order valence-electron chi connectivity index (χ2n) is 16.9. The fraction of sp³-hybridized carbons (Fsp3) is 0.682. The van der Waals surface area contributed by atoms with Crippen molar-refractivity contribution in [1.82, 2.24) is 31.5 Å². The molecule has 2 rings (SSSR count). The Morgan fingerprint density at radius 1 is 0.797 bits per heavy atom. The summed E-state index contributed by atoms with van der Waals surface area (Å²) < 4.78 is 5.88. The van der Waals surface area contributed by atoms with E-state index >= 15 is 0 Å². The minimum atomic E-state index is -1.02. The van der Waals surface area contributed by atoms with Gasteiger partial charge in [0.1, 0.15) is 24.2 Å². The van der Waals surface area contributed by atoms with Gasteiger partial charge in [0.15, 0.2) is 0 Å². The van der Waals surface area contributed by atoms with Crippen molar-refractivity contribution in [2.24, 2.45) is 34.6 Å². The molecule has 0 aliphatic carbocycles. The van der Waals surface area contributed by atoms with Gasteiger partial charge >= 0.3 is 0 Å². The molecule has 0 fully saturated rings. The number of nitrogens with zero attached hydrogens (tertiary/aromatic N) is 2. The van der Waals surface area contributed by atoms with Crippen molar-refractivity contribution in [1.29, 1.82) is 0 Å². The molecule has 15 nitrogen and oxygen atoms in total. The van der Waals surface area contributed by atoms with E-state index in [1.165, 1.54) is 37.6 Å². The number of carbonyl (C=O) groups is 7. The zero-order valence-electron chi connectivity index (χ0n) is 37.1. The Bertz CT molecular complexity index is 1590. The maximum atomic E-state index is 13.6. The molecule has 0 saturated carbocycles. The van der Waals surface area contributed by atoms with Crippen molar-refractivity contribution in [3.05, 3.63) is 35.9 Å². The monoisotopic (exact) mass is 826 g/mol. The van der Waals surface area contributed by atoms with Gasteiger partial charge in [0.25, 0.3) is 0 Å². The lowest BCUT2D eigenvalue weighted by atomic mass is 9.85. The van der Waals surface area contributed by atoms with Gasteiger partial charge in [-0.25, -0.2) is 4.99 Å². The van der Waals surface area contributed by atoms with Crippen LogP contribution in [-0.4, -0.2) is 109 Å². The van der Waals surface area contributed by atoms with Gasteiger partial charge in [0.2, 0.25) is 41.4 Å². The molecule has 0 radical (unpaired) electrons. The van der Waals surface area contributed by atoms with E-state index in [4.69, 9.17) is 4.74 Å². The van der Waals surface area contributed by atoms with Crippen LogP contribution in [0, 0.1) is 29.6 Å². The SMILES string of the molecule is CO[C@@H](Cc1ccccc1)[C@@H](C)CC(C)CC[C@@H]1NC(=O)[C@H](C)NC(=O)[C@@H](C)CNC(=O)[C@H](CC(C)C)NC(=O)[C@@H](C)NC(=O)[C@H](C)N(C)C(=O)CCC=NC(=O)[C@H]1C. The quantitative estimate of drug-likeness (QED) is 0.223. The molecular formula is C44H71N7O8.